The number of carbonyl (C=O) groups is 1. The van der Waals surface area contributed by atoms with Gasteiger partial charge in [-0.15, -0.1) is 0 Å². The van der Waals surface area contributed by atoms with Crippen LogP contribution in [0.2, 0.25) is 0 Å². The van der Waals surface area contributed by atoms with Crippen molar-refractivity contribution < 1.29 is 9.53 Å². The molecular formula is C20H17BrN2O2. The number of hydrogen-bond acceptors (Lipinski definition) is 3. The van der Waals surface area contributed by atoms with Crippen molar-refractivity contribution in [2.24, 2.45) is 0 Å². The van der Waals surface area contributed by atoms with E-state index in [1.54, 1.807) is 25.6 Å². The molecule has 1 atom stereocenters. The number of benzene rings is 2. The summed E-state index contributed by atoms with van der Waals surface area (Å²) < 4.78 is 5.98. The zero-order chi connectivity index (χ0) is 17.6. The van der Waals surface area contributed by atoms with Crippen molar-refractivity contribution >= 4 is 21.8 Å². The summed E-state index contributed by atoms with van der Waals surface area (Å²) in [5.74, 6) is 0.594. The van der Waals surface area contributed by atoms with Gasteiger partial charge in [-0.2, -0.15) is 0 Å². The van der Waals surface area contributed by atoms with Gasteiger partial charge in [0.25, 0.3) is 5.91 Å². The molecule has 5 heteroatoms. The number of methoxy groups -OCH3 is 1. The summed E-state index contributed by atoms with van der Waals surface area (Å²) in [6.45, 7) is 0. The fourth-order valence-electron chi connectivity index (χ4n) is 2.55. The normalized spacial score (nSPS) is 11.6. The van der Waals surface area contributed by atoms with Gasteiger partial charge >= 0.3 is 0 Å². The van der Waals surface area contributed by atoms with Crippen LogP contribution in [0.1, 0.15) is 27.5 Å². The maximum Gasteiger partial charge on any atom is 0.253 e. The number of nitrogens with zero attached hydrogens (tertiary/aromatic N) is 1. The lowest BCUT2D eigenvalue weighted by atomic mass is 9.98. The van der Waals surface area contributed by atoms with E-state index in [0.717, 1.165) is 21.3 Å². The maximum absolute atomic E-state index is 12.7. The average Bonchev–Trinajstić information content (AvgIpc) is 2.67. The molecule has 0 bridgehead atoms. The number of hydrogen-bond donors (Lipinski definition) is 1. The molecule has 4 nitrogen and oxygen atoms in total. The molecule has 0 aliphatic rings. The highest BCUT2D eigenvalue weighted by Crippen LogP contribution is 2.24. The van der Waals surface area contributed by atoms with E-state index in [9.17, 15) is 4.79 Å². The first-order valence-corrected chi connectivity index (χ1v) is 8.57. The summed E-state index contributed by atoms with van der Waals surface area (Å²) in [4.78, 5) is 16.7. The molecule has 0 radical (unpaired) electrons. The van der Waals surface area contributed by atoms with Gasteiger partial charge in [0, 0.05) is 16.9 Å². The third-order valence-corrected chi connectivity index (χ3v) is 4.26. The van der Waals surface area contributed by atoms with Crippen LogP contribution in [0.3, 0.4) is 0 Å². The van der Waals surface area contributed by atoms with Gasteiger partial charge in [-0.25, -0.2) is 0 Å². The quantitative estimate of drug-likeness (QED) is 0.696. The number of aromatic nitrogens is 1. The van der Waals surface area contributed by atoms with Crippen LogP contribution in [-0.4, -0.2) is 18.0 Å². The predicted octanol–water partition coefficient (Wildman–Crippen LogP) is 4.37. The van der Waals surface area contributed by atoms with Crippen molar-refractivity contribution in [3.8, 4) is 5.75 Å². The van der Waals surface area contributed by atoms with E-state index in [1.165, 1.54) is 0 Å². The molecule has 0 fully saturated rings. The zero-order valence-electron chi connectivity index (χ0n) is 13.6. The van der Waals surface area contributed by atoms with E-state index in [0.29, 0.717) is 5.56 Å². The first-order valence-electron chi connectivity index (χ1n) is 7.77. The highest BCUT2D eigenvalue weighted by molar-refractivity contribution is 9.10. The number of halogens is 1. The lowest BCUT2D eigenvalue weighted by molar-refractivity contribution is 0.0942. The number of rotatable bonds is 5. The third kappa shape index (κ3) is 4.25. The number of carbonyl (C=O) groups excluding carboxylic acids is 1. The molecule has 126 valence electrons. The van der Waals surface area contributed by atoms with E-state index in [2.05, 4.69) is 26.2 Å². The van der Waals surface area contributed by atoms with Crippen molar-refractivity contribution in [2.45, 2.75) is 6.04 Å². The van der Waals surface area contributed by atoms with Gasteiger partial charge in [0.2, 0.25) is 0 Å². The van der Waals surface area contributed by atoms with Crippen molar-refractivity contribution in [3.63, 3.8) is 0 Å². The minimum atomic E-state index is -0.265. The zero-order valence-corrected chi connectivity index (χ0v) is 15.2. The lowest BCUT2D eigenvalue weighted by Crippen LogP contribution is -2.29. The third-order valence-electron chi connectivity index (χ3n) is 3.82. The van der Waals surface area contributed by atoms with Gasteiger partial charge in [0.15, 0.2) is 0 Å². The van der Waals surface area contributed by atoms with E-state index in [-0.39, 0.29) is 11.9 Å². The molecule has 2 aromatic carbocycles. The molecule has 3 rings (SSSR count). The monoisotopic (exact) mass is 396 g/mol. The summed E-state index contributed by atoms with van der Waals surface area (Å²) in [5, 5.41) is 3.09. The Balaban J connectivity index is 1.92. The van der Waals surface area contributed by atoms with Crippen molar-refractivity contribution in [2.75, 3.05) is 7.11 Å². The molecule has 25 heavy (non-hydrogen) atoms. The fraction of sp³-hybridized carbons (Fsp3) is 0.100. The first kappa shape index (κ1) is 17.2. The van der Waals surface area contributed by atoms with E-state index in [4.69, 9.17) is 4.74 Å². The summed E-state index contributed by atoms with van der Waals surface area (Å²) in [7, 11) is 1.63. The summed E-state index contributed by atoms with van der Waals surface area (Å²) in [6.07, 6.45) is 3.20. The molecule has 0 unspecified atom stereocenters. The second-order valence-electron chi connectivity index (χ2n) is 5.48. The van der Waals surface area contributed by atoms with Crippen LogP contribution >= 0.6 is 15.9 Å². The fourth-order valence-corrected chi connectivity index (χ4v) is 2.92. The summed E-state index contributed by atoms with van der Waals surface area (Å²) >= 11 is 3.35. The molecule has 0 aliphatic heterocycles. The largest absolute Gasteiger partial charge is 0.497 e. The van der Waals surface area contributed by atoms with Gasteiger partial charge in [-0.05, 0) is 45.3 Å². The highest BCUT2D eigenvalue weighted by atomic mass is 79.9. The van der Waals surface area contributed by atoms with Crippen LogP contribution in [0.25, 0.3) is 0 Å². The van der Waals surface area contributed by atoms with Crippen LogP contribution in [-0.2, 0) is 0 Å². The van der Waals surface area contributed by atoms with E-state index >= 15 is 0 Å². The standard InChI is InChI=1S/C20H17BrN2O2/c1-25-18-9-7-15(8-10-18)19(14-5-3-2-4-6-14)23-20(24)16-11-17(21)13-22-12-16/h2-13,19H,1H3,(H,23,24)/t19-/m0/s1. The Labute approximate surface area is 155 Å². The molecule has 0 spiro atoms. The minimum absolute atomic E-state index is 0.182. The Hall–Kier alpha value is -2.66. The molecule has 1 aromatic heterocycles. The van der Waals surface area contributed by atoms with Crippen LogP contribution < -0.4 is 10.1 Å². The molecule has 1 amide bonds. The average molecular weight is 397 g/mol. The Morgan fingerprint density at radius 2 is 1.72 bits per heavy atom. The molecule has 0 saturated heterocycles. The molecule has 0 saturated carbocycles. The van der Waals surface area contributed by atoms with E-state index < -0.39 is 0 Å². The Morgan fingerprint density at radius 3 is 2.36 bits per heavy atom. The Bertz CT molecular complexity index is 851. The van der Waals surface area contributed by atoms with E-state index in [1.807, 2.05) is 54.6 Å². The van der Waals surface area contributed by atoms with Gasteiger partial charge in [0.1, 0.15) is 5.75 Å². The van der Waals surface area contributed by atoms with Crippen LogP contribution in [0.4, 0.5) is 0 Å². The lowest BCUT2D eigenvalue weighted by Gasteiger charge is -2.20. The SMILES string of the molecule is COc1ccc([C@@H](NC(=O)c2cncc(Br)c2)c2ccccc2)cc1. The summed E-state index contributed by atoms with van der Waals surface area (Å²) in [6, 6.07) is 19.0. The second-order valence-corrected chi connectivity index (χ2v) is 6.40. The van der Waals surface area contributed by atoms with Crippen molar-refractivity contribution in [3.05, 3.63) is 94.2 Å². The van der Waals surface area contributed by atoms with Crippen LogP contribution in [0.5, 0.6) is 5.75 Å². The molecule has 0 aliphatic carbocycles. The van der Waals surface area contributed by atoms with Crippen molar-refractivity contribution in [1.82, 2.24) is 10.3 Å². The predicted molar refractivity (Wildman–Crippen MR) is 101 cm³/mol. The maximum atomic E-state index is 12.7. The highest BCUT2D eigenvalue weighted by Gasteiger charge is 2.18. The molecule has 1 heterocycles. The number of nitrogens with one attached hydrogen (secondary N) is 1. The molecule has 1 N–H and O–H groups in total. The van der Waals surface area contributed by atoms with Crippen molar-refractivity contribution in [1.29, 1.82) is 0 Å². The van der Waals surface area contributed by atoms with Crippen LogP contribution in [0, 0.1) is 0 Å². The van der Waals surface area contributed by atoms with Crippen LogP contribution in [0.15, 0.2) is 77.5 Å². The first-order chi connectivity index (χ1) is 12.2. The smallest absolute Gasteiger partial charge is 0.253 e. The van der Waals surface area contributed by atoms with Gasteiger partial charge < -0.3 is 10.1 Å². The Morgan fingerprint density at radius 1 is 1.04 bits per heavy atom. The van der Waals surface area contributed by atoms with Gasteiger partial charge in [0.05, 0.1) is 18.7 Å². The second kappa shape index (κ2) is 7.94. The molecular weight excluding hydrogens is 380 g/mol. The van der Waals surface area contributed by atoms with Gasteiger partial charge in [-0.3, -0.25) is 9.78 Å². The Kier molecular flexibility index (Phi) is 5.46. The van der Waals surface area contributed by atoms with Gasteiger partial charge in [-0.1, -0.05) is 42.5 Å². The number of amides is 1. The number of ether oxygens (including phenoxy) is 1. The number of pyridine rings is 1. The topological polar surface area (TPSA) is 51.2 Å². The molecule has 3 aromatic rings. The summed E-state index contributed by atoms with van der Waals surface area (Å²) in [5.41, 5.74) is 2.48. The minimum Gasteiger partial charge on any atom is -0.497 e.